The molecule has 2 saturated heterocycles. The second kappa shape index (κ2) is 9.24. The van der Waals surface area contributed by atoms with Gasteiger partial charge in [-0.15, -0.1) is 0 Å². The van der Waals surface area contributed by atoms with Gasteiger partial charge in [0, 0.05) is 44.2 Å². The Labute approximate surface area is 170 Å². The van der Waals surface area contributed by atoms with Crippen LogP contribution in [0.1, 0.15) is 19.3 Å². The summed E-state index contributed by atoms with van der Waals surface area (Å²) in [6, 6.07) is 7.54. The van der Waals surface area contributed by atoms with Crippen LogP contribution in [0, 0.1) is 0 Å². The second-order valence-corrected chi connectivity index (χ2v) is 6.98. The lowest BCUT2D eigenvalue weighted by molar-refractivity contribution is -0.192. The van der Waals surface area contributed by atoms with E-state index in [1.807, 2.05) is 24.3 Å². The number of halogens is 3. The van der Waals surface area contributed by atoms with Gasteiger partial charge in [-0.25, -0.2) is 19.7 Å². The maximum Gasteiger partial charge on any atom is 0.490 e. The van der Waals surface area contributed by atoms with E-state index in [2.05, 4.69) is 19.9 Å². The summed E-state index contributed by atoms with van der Waals surface area (Å²) < 4.78 is 43.9. The number of alkyl halides is 3. The molecule has 162 valence electrons. The Morgan fingerprint density at radius 3 is 2.53 bits per heavy atom. The summed E-state index contributed by atoms with van der Waals surface area (Å²) in [5.74, 6) is -1.31. The predicted molar refractivity (Wildman–Crippen MR) is 99.1 cm³/mol. The molecular formula is C19H21F3N4O4. The van der Waals surface area contributed by atoms with E-state index in [4.69, 9.17) is 19.4 Å². The van der Waals surface area contributed by atoms with E-state index in [1.165, 1.54) is 0 Å². The standard InChI is InChI=1S/C17H20N4O2.C2HF3O2/c1-2-7-18-15(5-1)23-14-11-17(22-12-14)6-3-10-21(13-17)16-19-8-4-9-20-16;3-2(4,5)1(6)7/h1-2,4-5,7-9,14H,3,6,10-13H2;(H,6,7)/t14-,17+;/m1./s1. The van der Waals surface area contributed by atoms with Gasteiger partial charge in [-0.3, -0.25) is 0 Å². The summed E-state index contributed by atoms with van der Waals surface area (Å²) in [6.45, 7) is 2.40. The molecule has 8 nitrogen and oxygen atoms in total. The van der Waals surface area contributed by atoms with Crippen molar-refractivity contribution in [1.29, 1.82) is 0 Å². The molecule has 1 N–H and O–H groups in total. The Morgan fingerprint density at radius 1 is 1.20 bits per heavy atom. The molecule has 0 bridgehead atoms. The summed E-state index contributed by atoms with van der Waals surface area (Å²) in [6.07, 6.45) is 3.30. The molecule has 0 saturated carbocycles. The molecule has 11 heteroatoms. The number of carboxylic acid groups (broad SMARTS) is 1. The molecule has 2 aliphatic heterocycles. The van der Waals surface area contributed by atoms with Crippen LogP contribution in [-0.2, 0) is 9.53 Å². The molecule has 0 aliphatic carbocycles. The Bertz CT molecular complexity index is 826. The predicted octanol–water partition coefficient (Wildman–Crippen LogP) is 2.71. The van der Waals surface area contributed by atoms with Crippen molar-refractivity contribution >= 4 is 11.9 Å². The van der Waals surface area contributed by atoms with Crippen molar-refractivity contribution < 1.29 is 32.5 Å². The first kappa shape index (κ1) is 21.8. The second-order valence-electron chi connectivity index (χ2n) is 6.98. The number of aliphatic carboxylic acids is 1. The Hall–Kier alpha value is -2.95. The lowest BCUT2D eigenvalue weighted by atomic mass is 9.89. The van der Waals surface area contributed by atoms with E-state index in [-0.39, 0.29) is 11.7 Å². The quantitative estimate of drug-likeness (QED) is 0.800. The molecular weight excluding hydrogens is 405 g/mol. The number of piperidine rings is 1. The van der Waals surface area contributed by atoms with Gasteiger partial charge in [0.05, 0.1) is 12.2 Å². The third kappa shape index (κ3) is 5.78. The highest BCUT2D eigenvalue weighted by Crippen LogP contribution is 2.36. The van der Waals surface area contributed by atoms with Crippen LogP contribution >= 0.6 is 0 Å². The number of carboxylic acids is 1. The van der Waals surface area contributed by atoms with Gasteiger partial charge in [0.25, 0.3) is 0 Å². The number of aromatic nitrogens is 3. The van der Waals surface area contributed by atoms with Crippen LogP contribution in [0.3, 0.4) is 0 Å². The highest BCUT2D eigenvalue weighted by atomic mass is 19.4. The minimum absolute atomic E-state index is 0.0570. The molecule has 4 heterocycles. The summed E-state index contributed by atoms with van der Waals surface area (Å²) >= 11 is 0. The maximum absolute atomic E-state index is 10.6. The third-order valence-electron chi connectivity index (χ3n) is 4.72. The fourth-order valence-electron chi connectivity index (χ4n) is 3.47. The number of carbonyl (C=O) groups is 1. The first-order valence-electron chi connectivity index (χ1n) is 9.31. The van der Waals surface area contributed by atoms with E-state index < -0.39 is 12.1 Å². The summed E-state index contributed by atoms with van der Waals surface area (Å²) in [4.78, 5) is 24.1. The van der Waals surface area contributed by atoms with Crippen molar-refractivity contribution in [3.05, 3.63) is 42.9 Å². The van der Waals surface area contributed by atoms with E-state index in [0.29, 0.717) is 12.5 Å². The molecule has 0 aromatic carbocycles. The molecule has 1 spiro atoms. The fourth-order valence-corrected chi connectivity index (χ4v) is 3.47. The van der Waals surface area contributed by atoms with Crippen molar-refractivity contribution in [3.8, 4) is 5.88 Å². The zero-order chi connectivity index (χ0) is 21.6. The minimum atomic E-state index is -5.08. The molecule has 0 unspecified atom stereocenters. The van der Waals surface area contributed by atoms with Crippen molar-refractivity contribution in [3.63, 3.8) is 0 Å². The molecule has 0 amide bonds. The van der Waals surface area contributed by atoms with Crippen molar-refractivity contribution in [1.82, 2.24) is 15.0 Å². The van der Waals surface area contributed by atoms with Crippen LogP contribution < -0.4 is 9.64 Å². The van der Waals surface area contributed by atoms with Crippen LogP contribution in [0.5, 0.6) is 5.88 Å². The molecule has 2 aromatic rings. The van der Waals surface area contributed by atoms with Gasteiger partial charge in [-0.1, -0.05) is 6.07 Å². The van der Waals surface area contributed by atoms with E-state index in [0.717, 1.165) is 38.3 Å². The number of anilines is 1. The topological polar surface area (TPSA) is 97.7 Å². The molecule has 2 atom stereocenters. The number of hydrogen-bond donors (Lipinski definition) is 1. The number of pyridine rings is 1. The minimum Gasteiger partial charge on any atom is -0.475 e. The average molecular weight is 426 g/mol. The van der Waals surface area contributed by atoms with Crippen LogP contribution in [0.25, 0.3) is 0 Å². The normalized spacial score (nSPS) is 23.6. The summed E-state index contributed by atoms with van der Waals surface area (Å²) in [5.41, 5.74) is -0.156. The Morgan fingerprint density at radius 2 is 1.90 bits per heavy atom. The molecule has 30 heavy (non-hydrogen) atoms. The number of nitrogens with zero attached hydrogens (tertiary/aromatic N) is 4. The van der Waals surface area contributed by atoms with Gasteiger partial charge < -0.3 is 19.5 Å². The highest BCUT2D eigenvalue weighted by Gasteiger charge is 2.45. The van der Waals surface area contributed by atoms with Crippen LogP contribution in [-0.4, -0.2) is 63.6 Å². The SMILES string of the molecule is O=C(O)C(F)(F)F.c1ccc(O[C@H]2CO[C@@]3(CCCN(c4ncccn4)C3)C2)nc1. The lowest BCUT2D eigenvalue weighted by Crippen LogP contribution is -2.48. The van der Waals surface area contributed by atoms with E-state index >= 15 is 0 Å². The molecule has 2 aromatic heterocycles. The molecule has 2 aliphatic rings. The summed E-state index contributed by atoms with van der Waals surface area (Å²) in [7, 11) is 0. The van der Waals surface area contributed by atoms with Gasteiger partial charge in [0.2, 0.25) is 11.8 Å². The maximum atomic E-state index is 10.6. The largest absolute Gasteiger partial charge is 0.490 e. The number of hydrogen-bond acceptors (Lipinski definition) is 7. The summed E-state index contributed by atoms with van der Waals surface area (Å²) in [5, 5.41) is 7.12. The molecule has 2 fully saturated rings. The van der Waals surface area contributed by atoms with Crippen LogP contribution in [0.2, 0.25) is 0 Å². The number of rotatable bonds is 3. The first-order valence-corrected chi connectivity index (χ1v) is 9.31. The molecule has 4 rings (SSSR count). The van der Waals surface area contributed by atoms with Crippen molar-refractivity contribution in [2.24, 2.45) is 0 Å². The van der Waals surface area contributed by atoms with E-state index in [1.54, 1.807) is 18.6 Å². The number of ether oxygens (including phenoxy) is 2. The van der Waals surface area contributed by atoms with Gasteiger partial charge >= 0.3 is 12.1 Å². The Kier molecular flexibility index (Phi) is 6.70. The average Bonchev–Trinajstić information content (AvgIpc) is 3.10. The van der Waals surface area contributed by atoms with Gasteiger partial charge in [-0.05, 0) is 25.0 Å². The van der Waals surface area contributed by atoms with Crippen LogP contribution in [0.15, 0.2) is 42.9 Å². The van der Waals surface area contributed by atoms with Crippen molar-refractivity contribution in [2.75, 3.05) is 24.6 Å². The highest BCUT2D eigenvalue weighted by molar-refractivity contribution is 5.73. The monoisotopic (exact) mass is 426 g/mol. The third-order valence-corrected chi connectivity index (χ3v) is 4.72. The first-order chi connectivity index (χ1) is 14.3. The van der Waals surface area contributed by atoms with Gasteiger partial charge in [0.1, 0.15) is 6.10 Å². The zero-order valence-electron chi connectivity index (χ0n) is 16.0. The fraction of sp³-hybridized carbons (Fsp3) is 0.474. The van der Waals surface area contributed by atoms with E-state index in [9.17, 15) is 13.2 Å². The Balaban J connectivity index is 0.000000318. The van der Waals surface area contributed by atoms with Crippen molar-refractivity contribution in [2.45, 2.75) is 37.1 Å². The smallest absolute Gasteiger partial charge is 0.475 e. The van der Waals surface area contributed by atoms with Gasteiger partial charge in [0.15, 0.2) is 0 Å². The zero-order valence-corrected chi connectivity index (χ0v) is 16.0. The molecule has 0 radical (unpaired) electrons. The lowest BCUT2D eigenvalue weighted by Gasteiger charge is -2.39. The van der Waals surface area contributed by atoms with Gasteiger partial charge in [-0.2, -0.15) is 13.2 Å². The van der Waals surface area contributed by atoms with Crippen LogP contribution in [0.4, 0.5) is 19.1 Å².